The molecule has 0 aliphatic carbocycles. The zero-order valence-corrected chi connectivity index (χ0v) is 23.7. The molecule has 4 aromatic rings. The molecule has 0 fully saturated rings. The third kappa shape index (κ3) is 6.75. The number of nitrogen functional groups attached to an aromatic ring is 2. The molecule has 0 spiro atoms. The van der Waals surface area contributed by atoms with Crippen molar-refractivity contribution in [2.24, 2.45) is 10.2 Å². The van der Waals surface area contributed by atoms with Crippen LogP contribution in [0.25, 0.3) is 0 Å². The Labute approximate surface area is 244 Å². The topological polar surface area (TPSA) is 130 Å². The molecule has 39 heavy (non-hydrogen) atoms. The average Bonchev–Trinajstić information content (AvgIpc) is 2.89. The van der Waals surface area contributed by atoms with Gasteiger partial charge in [0.15, 0.2) is 11.5 Å². The number of azo groups is 1. The van der Waals surface area contributed by atoms with E-state index in [-0.39, 0.29) is 28.3 Å². The van der Waals surface area contributed by atoms with Crippen molar-refractivity contribution in [3.05, 3.63) is 85.4 Å². The number of hydrogen-bond acceptors (Lipinski definition) is 9. The van der Waals surface area contributed by atoms with Gasteiger partial charge in [0, 0.05) is 18.2 Å². The second-order valence-electron chi connectivity index (χ2n) is 8.11. The van der Waals surface area contributed by atoms with E-state index in [0.29, 0.717) is 56.3 Å². The number of nitrogens with zero attached hydrogens (tertiary/aromatic N) is 4. The minimum absolute atomic E-state index is 0.108. The molecule has 0 amide bonds. The standard InChI is InChI=1S/C26H22Cl4N6O3/c1-37-20-9-13(6-15-11-33-26(32)34-25(15)31)10-21(38-2)24(20)39-12-14-7-18(29)23(19(30)8-14)36-35-22-16(27)4-3-5-17(22)28/h3-5,7-11H,6,12H2,1-2H3,(H4,31,32,33,34). The van der Waals surface area contributed by atoms with E-state index in [1.54, 1.807) is 36.5 Å². The second-order valence-corrected chi connectivity index (χ2v) is 9.74. The van der Waals surface area contributed by atoms with Gasteiger partial charge in [0.1, 0.15) is 23.8 Å². The molecule has 4 N–H and O–H groups in total. The Kier molecular flexibility index (Phi) is 9.19. The molecular weight excluding hydrogens is 586 g/mol. The number of ether oxygens (including phenoxy) is 3. The highest BCUT2D eigenvalue weighted by atomic mass is 35.5. The van der Waals surface area contributed by atoms with Gasteiger partial charge in [-0.15, -0.1) is 10.2 Å². The van der Waals surface area contributed by atoms with Crippen molar-refractivity contribution < 1.29 is 14.2 Å². The van der Waals surface area contributed by atoms with Crippen LogP contribution in [0.3, 0.4) is 0 Å². The fraction of sp³-hybridized carbons (Fsp3) is 0.154. The molecule has 4 rings (SSSR count). The van der Waals surface area contributed by atoms with Crippen molar-refractivity contribution >= 4 is 69.5 Å². The summed E-state index contributed by atoms with van der Waals surface area (Å²) in [7, 11) is 3.07. The summed E-state index contributed by atoms with van der Waals surface area (Å²) in [6.07, 6.45) is 2.01. The Balaban J connectivity index is 1.55. The van der Waals surface area contributed by atoms with Crippen LogP contribution in [-0.4, -0.2) is 24.2 Å². The van der Waals surface area contributed by atoms with Gasteiger partial charge in [-0.25, -0.2) is 4.98 Å². The van der Waals surface area contributed by atoms with Gasteiger partial charge >= 0.3 is 0 Å². The lowest BCUT2D eigenvalue weighted by Crippen LogP contribution is -2.05. The summed E-state index contributed by atoms with van der Waals surface area (Å²) < 4.78 is 17.2. The first kappa shape index (κ1) is 28.5. The lowest BCUT2D eigenvalue weighted by Gasteiger charge is -2.17. The van der Waals surface area contributed by atoms with Gasteiger partial charge in [-0.05, 0) is 47.5 Å². The summed E-state index contributed by atoms with van der Waals surface area (Å²) in [6.45, 7) is 0.109. The highest BCUT2D eigenvalue weighted by Gasteiger charge is 2.17. The van der Waals surface area contributed by atoms with Crippen molar-refractivity contribution in [3.63, 3.8) is 0 Å². The van der Waals surface area contributed by atoms with E-state index in [9.17, 15) is 0 Å². The molecule has 3 aromatic carbocycles. The molecule has 0 saturated heterocycles. The van der Waals surface area contributed by atoms with Crippen LogP contribution in [0, 0.1) is 0 Å². The fourth-order valence-electron chi connectivity index (χ4n) is 3.61. The summed E-state index contributed by atoms with van der Waals surface area (Å²) in [5.74, 6) is 1.72. The Morgan fingerprint density at radius 1 is 0.795 bits per heavy atom. The summed E-state index contributed by atoms with van der Waals surface area (Å²) >= 11 is 25.2. The zero-order chi connectivity index (χ0) is 28.1. The third-order valence-corrected chi connectivity index (χ3v) is 6.67. The van der Waals surface area contributed by atoms with Crippen molar-refractivity contribution in [1.82, 2.24) is 9.97 Å². The van der Waals surface area contributed by atoms with E-state index in [2.05, 4.69) is 20.2 Å². The van der Waals surface area contributed by atoms with Crippen molar-refractivity contribution in [3.8, 4) is 17.2 Å². The third-order valence-electron chi connectivity index (χ3n) is 5.48. The smallest absolute Gasteiger partial charge is 0.221 e. The Hall–Kier alpha value is -3.50. The molecule has 0 atom stereocenters. The lowest BCUT2D eigenvalue weighted by atomic mass is 10.1. The second kappa shape index (κ2) is 12.6. The number of aromatic nitrogens is 2. The van der Waals surface area contributed by atoms with Gasteiger partial charge in [-0.1, -0.05) is 52.5 Å². The summed E-state index contributed by atoms with van der Waals surface area (Å²) in [5.41, 5.74) is 14.4. The number of anilines is 2. The van der Waals surface area contributed by atoms with Gasteiger partial charge in [0.2, 0.25) is 11.7 Å². The van der Waals surface area contributed by atoms with Crippen molar-refractivity contribution in [1.29, 1.82) is 0 Å². The largest absolute Gasteiger partial charge is 0.493 e. The van der Waals surface area contributed by atoms with E-state index < -0.39 is 0 Å². The maximum absolute atomic E-state index is 6.46. The monoisotopic (exact) mass is 606 g/mol. The van der Waals surface area contributed by atoms with Gasteiger partial charge < -0.3 is 25.7 Å². The zero-order valence-electron chi connectivity index (χ0n) is 20.7. The van der Waals surface area contributed by atoms with E-state index >= 15 is 0 Å². The van der Waals surface area contributed by atoms with Gasteiger partial charge in [-0.3, -0.25) is 0 Å². The molecule has 0 saturated carbocycles. The Morgan fingerprint density at radius 3 is 1.90 bits per heavy atom. The molecule has 13 heteroatoms. The van der Waals surface area contributed by atoms with Gasteiger partial charge in [-0.2, -0.15) is 4.98 Å². The number of halogens is 4. The number of methoxy groups -OCH3 is 2. The number of rotatable bonds is 9. The molecule has 202 valence electrons. The van der Waals surface area contributed by atoms with Crippen LogP contribution in [0.1, 0.15) is 16.7 Å². The summed E-state index contributed by atoms with van der Waals surface area (Å²) in [6, 6.07) is 12.0. The van der Waals surface area contributed by atoms with E-state index in [4.69, 9.17) is 72.1 Å². The maximum Gasteiger partial charge on any atom is 0.221 e. The normalized spacial score (nSPS) is 11.1. The summed E-state index contributed by atoms with van der Waals surface area (Å²) in [5, 5.41) is 9.51. The summed E-state index contributed by atoms with van der Waals surface area (Å²) in [4.78, 5) is 8.01. The Bertz CT molecular complexity index is 1480. The van der Waals surface area contributed by atoms with E-state index in [1.165, 1.54) is 14.2 Å². The van der Waals surface area contributed by atoms with Crippen LogP contribution in [-0.2, 0) is 13.0 Å². The van der Waals surface area contributed by atoms with E-state index in [1.807, 2.05) is 12.1 Å². The van der Waals surface area contributed by atoms with E-state index in [0.717, 1.165) is 5.56 Å². The van der Waals surface area contributed by atoms with Crippen molar-refractivity contribution in [2.75, 3.05) is 25.7 Å². The van der Waals surface area contributed by atoms with Crippen LogP contribution in [0.5, 0.6) is 17.2 Å². The first-order valence-corrected chi connectivity index (χ1v) is 12.8. The van der Waals surface area contributed by atoms with Crippen LogP contribution in [0.4, 0.5) is 23.1 Å². The highest BCUT2D eigenvalue weighted by Crippen LogP contribution is 2.41. The molecule has 1 aromatic heterocycles. The minimum atomic E-state index is 0.108. The SMILES string of the molecule is COc1cc(Cc2cnc(N)nc2N)cc(OC)c1OCc1cc(Cl)c(N=Nc2c(Cl)cccc2Cl)c(Cl)c1. The molecule has 0 unspecified atom stereocenters. The minimum Gasteiger partial charge on any atom is -0.493 e. The van der Waals surface area contributed by atoms with Gasteiger partial charge in [0.05, 0.1) is 34.3 Å². The molecule has 1 heterocycles. The molecule has 0 radical (unpaired) electrons. The Morgan fingerprint density at radius 2 is 1.36 bits per heavy atom. The lowest BCUT2D eigenvalue weighted by molar-refractivity contribution is 0.265. The quantitative estimate of drug-likeness (QED) is 0.185. The molecule has 9 nitrogen and oxygen atoms in total. The predicted molar refractivity (Wildman–Crippen MR) is 155 cm³/mol. The molecule has 0 aliphatic heterocycles. The highest BCUT2D eigenvalue weighted by molar-refractivity contribution is 6.39. The van der Waals surface area contributed by atoms with Crippen LogP contribution < -0.4 is 25.7 Å². The predicted octanol–water partition coefficient (Wildman–Crippen LogP) is 7.86. The maximum atomic E-state index is 6.46. The molecular formula is C26H22Cl4N6O3. The van der Waals surface area contributed by atoms with Crippen LogP contribution in [0.15, 0.2) is 58.9 Å². The van der Waals surface area contributed by atoms with Crippen LogP contribution in [0.2, 0.25) is 20.1 Å². The number of benzene rings is 3. The number of nitrogens with two attached hydrogens (primary N) is 2. The molecule has 0 aliphatic rings. The first-order chi connectivity index (χ1) is 18.7. The fourth-order valence-corrected chi connectivity index (χ4v) is 4.69. The van der Waals surface area contributed by atoms with Crippen LogP contribution >= 0.6 is 46.4 Å². The average molecular weight is 608 g/mol. The van der Waals surface area contributed by atoms with Gasteiger partial charge in [0.25, 0.3) is 0 Å². The molecule has 0 bridgehead atoms. The van der Waals surface area contributed by atoms with Crippen molar-refractivity contribution in [2.45, 2.75) is 13.0 Å². The number of hydrogen-bond donors (Lipinski definition) is 2. The first-order valence-electron chi connectivity index (χ1n) is 11.3.